The highest BCUT2D eigenvalue weighted by molar-refractivity contribution is 6.36. The van der Waals surface area contributed by atoms with Gasteiger partial charge in [-0.3, -0.25) is 4.79 Å². The van der Waals surface area contributed by atoms with Crippen molar-refractivity contribution in [1.29, 1.82) is 0 Å². The molecule has 2 N–H and O–H groups in total. The molecule has 1 amide bonds. The maximum absolute atomic E-state index is 12.8. The van der Waals surface area contributed by atoms with Crippen molar-refractivity contribution >= 4 is 35.1 Å². The number of nitrogens with zero attached hydrogens (tertiary/aromatic N) is 5. The number of hydrogen-bond acceptors (Lipinski definition) is 5. The zero-order valence-corrected chi connectivity index (χ0v) is 15.3. The lowest BCUT2D eigenvalue weighted by atomic mass is 10.1. The summed E-state index contributed by atoms with van der Waals surface area (Å²) in [4.78, 5) is 27.2. The highest BCUT2D eigenvalue weighted by atomic mass is 35.5. The Labute approximate surface area is 159 Å². The molecule has 0 aliphatic carbocycles. The Morgan fingerprint density at radius 1 is 1.23 bits per heavy atom. The van der Waals surface area contributed by atoms with Crippen LogP contribution in [-0.4, -0.2) is 30.3 Å². The van der Waals surface area contributed by atoms with Crippen molar-refractivity contribution in [2.75, 3.05) is 5.73 Å². The van der Waals surface area contributed by atoms with Crippen molar-refractivity contribution in [3.63, 3.8) is 0 Å². The molecule has 3 aromatic rings. The van der Waals surface area contributed by atoms with E-state index in [0.29, 0.717) is 45.9 Å². The van der Waals surface area contributed by atoms with Gasteiger partial charge in [0.05, 0.1) is 29.5 Å². The number of hydrogen-bond donors (Lipinski definition) is 1. The van der Waals surface area contributed by atoms with Crippen LogP contribution in [0.3, 0.4) is 0 Å². The van der Waals surface area contributed by atoms with E-state index in [-0.39, 0.29) is 11.9 Å². The summed E-state index contributed by atoms with van der Waals surface area (Å²) in [6.45, 7) is 0.696. The number of halogens is 2. The van der Waals surface area contributed by atoms with Crippen LogP contribution in [-0.2, 0) is 20.1 Å². The standard InChI is InChI=1S/C17H14Cl2N6O/c1-24-5-4-21-15(24)16(26)25-7-11-13(8-25)22-17(20)23-14(11)10-3-2-9(18)6-12(10)19/h2-6H,7-8H2,1H3,(H2,20,22,23). The van der Waals surface area contributed by atoms with Gasteiger partial charge in [-0.2, -0.15) is 0 Å². The Kier molecular flexibility index (Phi) is 4.05. The van der Waals surface area contributed by atoms with Crippen LogP contribution < -0.4 is 5.73 Å². The van der Waals surface area contributed by atoms with Crippen molar-refractivity contribution in [2.24, 2.45) is 7.05 Å². The van der Waals surface area contributed by atoms with Gasteiger partial charge in [-0.1, -0.05) is 23.2 Å². The Balaban J connectivity index is 1.75. The molecule has 132 valence electrons. The number of nitrogen functional groups attached to an aromatic ring is 1. The summed E-state index contributed by atoms with van der Waals surface area (Å²) in [6, 6.07) is 5.17. The molecule has 9 heteroatoms. The van der Waals surface area contributed by atoms with Crippen molar-refractivity contribution in [3.8, 4) is 11.3 Å². The summed E-state index contributed by atoms with van der Waals surface area (Å²) in [6.07, 6.45) is 3.32. The predicted octanol–water partition coefficient (Wildman–Crippen LogP) is 2.92. The second-order valence-corrected chi connectivity index (χ2v) is 6.85. The molecule has 0 spiro atoms. The zero-order chi connectivity index (χ0) is 18.4. The molecule has 1 aromatic carbocycles. The van der Waals surface area contributed by atoms with Crippen molar-refractivity contribution in [1.82, 2.24) is 24.4 Å². The number of aryl methyl sites for hydroxylation is 1. The molecule has 2 aromatic heterocycles. The first-order valence-electron chi connectivity index (χ1n) is 7.81. The molecule has 0 fully saturated rings. The van der Waals surface area contributed by atoms with Gasteiger partial charge in [-0.05, 0) is 18.2 Å². The van der Waals surface area contributed by atoms with Crippen LogP contribution in [0.1, 0.15) is 21.9 Å². The number of aromatic nitrogens is 4. The molecule has 0 saturated carbocycles. The van der Waals surface area contributed by atoms with Crippen LogP contribution in [0.25, 0.3) is 11.3 Å². The molecule has 3 heterocycles. The summed E-state index contributed by atoms with van der Waals surface area (Å²) in [5, 5.41) is 0.996. The number of carbonyl (C=O) groups is 1. The summed E-state index contributed by atoms with van der Waals surface area (Å²) in [5.74, 6) is 0.322. The van der Waals surface area contributed by atoms with Gasteiger partial charge >= 0.3 is 0 Å². The summed E-state index contributed by atoms with van der Waals surface area (Å²) in [7, 11) is 1.78. The third-order valence-electron chi connectivity index (χ3n) is 4.29. The lowest BCUT2D eigenvalue weighted by Crippen LogP contribution is -2.27. The number of fused-ring (bicyclic) bond motifs is 1. The van der Waals surface area contributed by atoms with E-state index in [1.165, 1.54) is 0 Å². The SMILES string of the molecule is Cn1ccnc1C(=O)N1Cc2nc(N)nc(-c3ccc(Cl)cc3Cl)c2C1. The Morgan fingerprint density at radius 3 is 2.73 bits per heavy atom. The fourth-order valence-corrected chi connectivity index (χ4v) is 3.53. The minimum absolute atomic E-state index is 0.135. The summed E-state index contributed by atoms with van der Waals surface area (Å²) >= 11 is 12.3. The molecule has 4 rings (SSSR count). The fraction of sp³-hybridized carbons (Fsp3) is 0.176. The number of carbonyl (C=O) groups excluding carboxylic acids is 1. The highest BCUT2D eigenvalue weighted by Gasteiger charge is 2.31. The molecule has 0 atom stereocenters. The monoisotopic (exact) mass is 388 g/mol. The van der Waals surface area contributed by atoms with Gasteiger partial charge in [0.15, 0.2) is 5.82 Å². The van der Waals surface area contributed by atoms with Crippen LogP contribution in [0.15, 0.2) is 30.6 Å². The van der Waals surface area contributed by atoms with Crippen LogP contribution in [0.4, 0.5) is 5.95 Å². The molecule has 0 bridgehead atoms. The topological polar surface area (TPSA) is 89.9 Å². The number of rotatable bonds is 2. The molecule has 0 saturated heterocycles. The van der Waals surface area contributed by atoms with E-state index < -0.39 is 0 Å². The summed E-state index contributed by atoms with van der Waals surface area (Å²) < 4.78 is 1.68. The lowest BCUT2D eigenvalue weighted by molar-refractivity contribution is 0.0734. The second kappa shape index (κ2) is 6.26. The Bertz CT molecular complexity index is 1030. The van der Waals surface area contributed by atoms with Gasteiger partial charge in [0, 0.05) is 35.6 Å². The minimum atomic E-state index is -0.178. The fourth-order valence-electron chi connectivity index (χ4n) is 3.03. The smallest absolute Gasteiger partial charge is 0.290 e. The van der Waals surface area contributed by atoms with Crippen LogP contribution >= 0.6 is 23.2 Å². The normalized spacial score (nSPS) is 13.1. The number of imidazole rings is 1. The van der Waals surface area contributed by atoms with Crippen molar-refractivity contribution in [2.45, 2.75) is 13.1 Å². The van der Waals surface area contributed by atoms with Gasteiger partial charge in [0.25, 0.3) is 5.91 Å². The first-order chi connectivity index (χ1) is 12.4. The lowest BCUT2D eigenvalue weighted by Gasteiger charge is -2.14. The molecule has 0 unspecified atom stereocenters. The number of nitrogens with two attached hydrogens (primary N) is 1. The maximum Gasteiger partial charge on any atom is 0.290 e. The van der Waals surface area contributed by atoms with Crippen LogP contribution in [0, 0.1) is 0 Å². The Hall–Kier alpha value is -2.64. The first kappa shape index (κ1) is 16.8. The molecule has 26 heavy (non-hydrogen) atoms. The van der Waals surface area contributed by atoms with E-state index in [9.17, 15) is 4.79 Å². The quantitative estimate of drug-likeness (QED) is 0.728. The van der Waals surface area contributed by atoms with Crippen molar-refractivity contribution in [3.05, 3.63) is 57.7 Å². The third kappa shape index (κ3) is 2.79. The summed E-state index contributed by atoms with van der Waals surface area (Å²) in [5.41, 5.74) is 8.73. The molecular weight excluding hydrogens is 375 g/mol. The van der Waals surface area contributed by atoms with Gasteiger partial charge in [0.1, 0.15) is 0 Å². The second-order valence-electron chi connectivity index (χ2n) is 6.00. The molecular formula is C17H14Cl2N6O. The Morgan fingerprint density at radius 2 is 2.04 bits per heavy atom. The van der Waals surface area contributed by atoms with E-state index in [1.54, 1.807) is 47.1 Å². The number of benzene rings is 1. The van der Waals surface area contributed by atoms with E-state index in [0.717, 1.165) is 5.56 Å². The largest absolute Gasteiger partial charge is 0.368 e. The minimum Gasteiger partial charge on any atom is -0.368 e. The van der Waals surface area contributed by atoms with Crippen LogP contribution in [0.2, 0.25) is 10.0 Å². The average molecular weight is 389 g/mol. The average Bonchev–Trinajstić information content (AvgIpc) is 3.19. The predicted molar refractivity (Wildman–Crippen MR) is 98.7 cm³/mol. The van der Waals surface area contributed by atoms with E-state index in [4.69, 9.17) is 28.9 Å². The van der Waals surface area contributed by atoms with E-state index >= 15 is 0 Å². The maximum atomic E-state index is 12.8. The molecule has 1 aliphatic rings. The van der Waals surface area contributed by atoms with Gasteiger partial charge in [0.2, 0.25) is 5.95 Å². The van der Waals surface area contributed by atoms with E-state index in [2.05, 4.69) is 15.0 Å². The third-order valence-corrected chi connectivity index (χ3v) is 4.83. The zero-order valence-electron chi connectivity index (χ0n) is 13.8. The van der Waals surface area contributed by atoms with Crippen LogP contribution in [0.5, 0.6) is 0 Å². The molecule has 0 radical (unpaired) electrons. The van der Waals surface area contributed by atoms with Gasteiger partial charge < -0.3 is 15.2 Å². The van der Waals surface area contributed by atoms with Gasteiger partial charge in [-0.25, -0.2) is 15.0 Å². The first-order valence-corrected chi connectivity index (χ1v) is 8.57. The highest BCUT2D eigenvalue weighted by Crippen LogP contribution is 2.36. The molecule has 7 nitrogen and oxygen atoms in total. The molecule has 1 aliphatic heterocycles. The van der Waals surface area contributed by atoms with E-state index in [1.807, 2.05) is 0 Å². The van der Waals surface area contributed by atoms with Crippen molar-refractivity contribution < 1.29 is 4.79 Å². The van der Waals surface area contributed by atoms with Gasteiger partial charge in [-0.15, -0.1) is 0 Å². The number of anilines is 1. The number of amides is 1.